The Morgan fingerprint density at radius 2 is 1.62 bits per heavy atom. The van der Waals surface area contributed by atoms with Crippen molar-refractivity contribution in [2.24, 2.45) is 4.99 Å². The van der Waals surface area contributed by atoms with Crippen LogP contribution in [-0.2, 0) is 10.8 Å². The molecule has 0 saturated heterocycles. The summed E-state index contributed by atoms with van der Waals surface area (Å²) in [5.41, 5.74) is 3.62. The van der Waals surface area contributed by atoms with Crippen LogP contribution in [0.25, 0.3) is 0 Å². The van der Waals surface area contributed by atoms with Crippen LogP contribution >= 0.6 is 15.9 Å². The molecule has 2 nitrogen and oxygen atoms in total. The quantitative estimate of drug-likeness (QED) is 0.585. The van der Waals surface area contributed by atoms with E-state index < -0.39 is 0 Å². The Kier molecular flexibility index (Phi) is 5.24. The summed E-state index contributed by atoms with van der Waals surface area (Å²) in [5, 5.41) is 10.7. The lowest BCUT2D eigenvalue weighted by Gasteiger charge is -2.26. The number of halogens is 1. The maximum Gasteiger partial charge on any atom is 0.128 e. The zero-order valence-corrected chi connectivity index (χ0v) is 16.9. The first-order chi connectivity index (χ1) is 11.0. The number of hydrogen-bond donors (Lipinski definition) is 1. The average Bonchev–Trinajstić information content (AvgIpc) is 2.43. The lowest BCUT2D eigenvalue weighted by atomic mass is 9.79. The Balaban J connectivity index is 2.56. The molecule has 0 saturated carbocycles. The molecule has 2 aromatic rings. The van der Waals surface area contributed by atoms with Crippen molar-refractivity contribution in [2.45, 2.75) is 52.4 Å². The van der Waals surface area contributed by atoms with E-state index in [4.69, 9.17) is 0 Å². The van der Waals surface area contributed by atoms with Crippen LogP contribution in [0.3, 0.4) is 0 Å². The van der Waals surface area contributed by atoms with Crippen LogP contribution in [0.15, 0.2) is 45.9 Å². The van der Waals surface area contributed by atoms with E-state index in [1.807, 2.05) is 30.3 Å². The van der Waals surface area contributed by atoms with E-state index in [1.165, 1.54) is 5.56 Å². The standard InChI is InChI=1S/C21H26BrNO/c1-20(2,3)15-10-14(19(24)18(11-15)21(4,5)6)13-23-17-9-7-8-16(22)12-17/h7-13,24H,1-6H3. The first-order valence-corrected chi connectivity index (χ1v) is 8.95. The van der Waals surface area contributed by atoms with Crippen molar-refractivity contribution in [2.75, 3.05) is 0 Å². The molecule has 2 rings (SSSR count). The highest BCUT2D eigenvalue weighted by atomic mass is 79.9. The largest absolute Gasteiger partial charge is 0.507 e. The summed E-state index contributed by atoms with van der Waals surface area (Å²) in [6, 6.07) is 12.0. The third kappa shape index (κ3) is 4.47. The fraction of sp³-hybridized carbons (Fsp3) is 0.381. The zero-order valence-electron chi connectivity index (χ0n) is 15.3. The number of phenolic OH excluding ortho intramolecular Hbond substituents is 1. The molecule has 1 N–H and O–H groups in total. The van der Waals surface area contributed by atoms with E-state index in [0.717, 1.165) is 21.3 Å². The topological polar surface area (TPSA) is 32.6 Å². The van der Waals surface area contributed by atoms with Crippen molar-refractivity contribution in [3.8, 4) is 5.75 Å². The lowest BCUT2D eigenvalue weighted by Crippen LogP contribution is -2.17. The molecule has 3 heteroatoms. The van der Waals surface area contributed by atoms with E-state index in [9.17, 15) is 5.11 Å². The molecule has 0 radical (unpaired) electrons. The highest BCUT2D eigenvalue weighted by molar-refractivity contribution is 9.10. The fourth-order valence-corrected chi connectivity index (χ4v) is 2.85. The van der Waals surface area contributed by atoms with Crippen LogP contribution in [0, 0.1) is 0 Å². The molecule has 0 aliphatic heterocycles. The van der Waals surface area contributed by atoms with Gasteiger partial charge in [-0.2, -0.15) is 0 Å². The van der Waals surface area contributed by atoms with Crippen molar-refractivity contribution in [1.29, 1.82) is 0 Å². The van der Waals surface area contributed by atoms with Crippen LogP contribution in [0.5, 0.6) is 5.75 Å². The minimum absolute atomic E-state index is 0.00602. The highest BCUT2D eigenvalue weighted by Gasteiger charge is 2.24. The lowest BCUT2D eigenvalue weighted by molar-refractivity contribution is 0.444. The van der Waals surface area contributed by atoms with Gasteiger partial charge in [0.25, 0.3) is 0 Å². The van der Waals surface area contributed by atoms with Gasteiger partial charge in [0, 0.05) is 21.8 Å². The van der Waals surface area contributed by atoms with Crippen LogP contribution in [0.1, 0.15) is 58.2 Å². The van der Waals surface area contributed by atoms with Crippen LogP contribution in [-0.4, -0.2) is 11.3 Å². The number of aliphatic imine (C=N–C) groups is 1. The second-order valence-corrected chi connectivity index (χ2v) is 9.12. The molecule has 0 aromatic heterocycles. The molecule has 24 heavy (non-hydrogen) atoms. The minimum atomic E-state index is -0.135. The summed E-state index contributed by atoms with van der Waals surface area (Å²) >= 11 is 3.45. The third-order valence-electron chi connectivity index (χ3n) is 3.97. The van der Waals surface area contributed by atoms with Crippen molar-refractivity contribution < 1.29 is 5.11 Å². The van der Waals surface area contributed by atoms with Crippen molar-refractivity contribution in [3.63, 3.8) is 0 Å². The molecule has 128 valence electrons. The first kappa shape index (κ1) is 18.7. The molecule has 0 fully saturated rings. The predicted molar refractivity (Wildman–Crippen MR) is 107 cm³/mol. The van der Waals surface area contributed by atoms with Gasteiger partial charge in [0.15, 0.2) is 0 Å². The van der Waals surface area contributed by atoms with E-state index in [0.29, 0.717) is 5.75 Å². The molecule has 0 bridgehead atoms. The molecule has 0 heterocycles. The second-order valence-electron chi connectivity index (χ2n) is 8.20. The summed E-state index contributed by atoms with van der Waals surface area (Å²) in [4.78, 5) is 4.53. The Hall–Kier alpha value is -1.61. The molecule has 0 spiro atoms. The molecule has 0 atom stereocenters. The van der Waals surface area contributed by atoms with Gasteiger partial charge in [0.05, 0.1) is 5.69 Å². The number of rotatable bonds is 2. The number of aromatic hydroxyl groups is 1. The van der Waals surface area contributed by atoms with Gasteiger partial charge in [-0.1, -0.05) is 69.6 Å². The minimum Gasteiger partial charge on any atom is -0.507 e. The third-order valence-corrected chi connectivity index (χ3v) is 4.47. The van der Waals surface area contributed by atoms with E-state index in [1.54, 1.807) is 6.21 Å². The average molecular weight is 388 g/mol. The molecular formula is C21H26BrNO. The van der Waals surface area contributed by atoms with Gasteiger partial charge < -0.3 is 5.11 Å². The van der Waals surface area contributed by atoms with Gasteiger partial charge in [-0.15, -0.1) is 0 Å². The van der Waals surface area contributed by atoms with Gasteiger partial charge in [0.2, 0.25) is 0 Å². The molecule has 0 unspecified atom stereocenters. The summed E-state index contributed by atoms with van der Waals surface area (Å²) in [6.45, 7) is 12.9. The Labute approximate surface area is 153 Å². The van der Waals surface area contributed by atoms with Crippen molar-refractivity contribution >= 4 is 27.8 Å². The monoisotopic (exact) mass is 387 g/mol. The zero-order chi connectivity index (χ0) is 18.1. The Morgan fingerprint density at radius 1 is 0.958 bits per heavy atom. The first-order valence-electron chi connectivity index (χ1n) is 8.16. The summed E-state index contributed by atoms with van der Waals surface area (Å²) in [6.07, 6.45) is 1.75. The number of nitrogens with zero attached hydrogens (tertiary/aromatic N) is 1. The van der Waals surface area contributed by atoms with E-state index >= 15 is 0 Å². The maximum absolute atomic E-state index is 10.7. The van der Waals surface area contributed by atoms with E-state index in [2.05, 4.69) is 68.5 Å². The van der Waals surface area contributed by atoms with E-state index in [-0.39, 0.29) is 10.8 Å². The summed E-state index contributed by atoms with van der Waals surface area (Å²) in [5.74, 6) is 0.314. The normalized spacial score (nSPS) is 12.8. The molecule has 0 aliphatic carbocycles. The molecule has 0 aliphatic rings. The smallest absolute Gasteiger partial charge is 0.128 e. The maximum atomic E-state index is 10.7. The highest BCUT2D eigenvalue weighted by Crippen LogP contribution is 2.37. The fourth-order valence-electron chi connectivity index (χ4n) is 2.46. The summed E-state index contributed by atoms with van der Waals surface area (Å²) < 4.78 is 0.986. The van der Waals surface area contributed by atoms with Crippen LogP contribution in [0.2, 0.25) is 0 Å². The number of phenols is 1. The SMILES string of the molecule is CC(C)(C)c1cc(C=Nc2cccc(Br)c2)c(O)c(C(C)(C)C)c1. The number of hydrogen-bond acceptors (Lipinski definition) is 2. The molecule has 2 aromatic carbocycles. The van der Waals surface area contributed by atoms with Crippen molar-refractivity contribution in [1.82, 2.24) is 0 Å². The van der Waals surface area contributed by atoms with Crippen LogP contribution < -0.4 is 0 Å². The Morgan fingerprint density at radius 3 is 2.17 bits per heavy atom. The summed E-state index contributed by atoms with van der Waals surface area (Å²) in [7, 11) is 0. The van der Waals surface area contributed by atoms with Crippen LogP contribution in [0.4, 0.5) is 5.69 Å². The van der Waals surface area contributed by atoms with Gasteiger partial charge in [-0.25, -0.2) is 0 Å². The molecular weight excluding hydrogens is 362 g/mol. The second kappa shape index (κ2) is 6.72. The van der Waals surface area contributed by atoms with Gasteiger partial charge in [-0.3, -0.25) is 4.99 Å². The van der Waals surface area contributed by atoms with Gasteiger partial charge in [-0.05, 0) is 40.7 Å². The number of benzene rings is 2. The predicted octanol–water partition coefficient (Wildman–Crippen LogP) is 6.50. The van der Waals surface area contributed by atoms with Gasteiger partial charge in [0.1, 0.15) is 5.75 Å². The van der Waals surface area contributed by atoms with Crippen molar-refractivity contribution in [3.05, 3.63) is 57.6 Å². The molecule has 0 amide bonds. The van der Waals surface area contributed by atoms with Gasteiger partial charge >= 0.3 is 0 Å². The Bertz CT molecular complexity index is 764.